The number of rotatable bonds is 6. The van der Waals surface area contributed by atoms with Gasteiger partial charge >= 0.3 is 11.9 Å². The van der Waals surface area contributed by atoms with E-state index in [0.29, 0.717) is 12.5 Å². The molecule has 0 spiro atoms. The molecule has 0 aliphatic heterocycles. The maximum atomic E-state index is 10.7. The molecule has 0 saturated carbocycles. The topological polar surface area (TPSA) is 97.7 Å². The lowest BCUT2D eigenvalue weighted by atomic mass is 10.1. The highest BCUT2D eigenvalue weighted by Gasteiger charge is 2.12. The Balaban J connectivity index is 0.000000401. The molecule has 0 atom stereocenters. The molecule has 0 radical (unpaired) electrons. The average Bonchev–Trinajstić information content (AvgIpc) is 2.47. The highest BCUT2D eigenvalue weighted by molar-refractivity contribution is 6.39. The van der Waals surface area contributed by atoms with Crippen LogP contribution < -0.4 is 0 Å². The summed E-state index contributed by atoms with van der Waals surface area (Å²) >= 11 is 0. The van der Waals surface area contributed by atoms with E-state index in [9.17, 15) is 19.2 Å². The first-order valence-electron chi connectivity index (χ1n) is 6.76. The van der Waals surface area contributed by atoms with Gasteiger partial charge in [0.25, 0.3) is 5.78 Å². The molecule has 0 amide bonds. The zero-order valence-electron chi connectivity index (χ0n) is 12.9. The van der Waals surface area contributed by atoms with Crippen LogP contribution in [0.2, 0.25) is 0 Å². The van der Waals surface area contributed by atoms with Gasteiger partial charge in [0.15, 0.2) is 0 Å². The maximum absolute atomic E-state index is 10.7. The molecule has 0 bridgehead atoms. The van der Waals surface area contributed by atoms with E-state index in [1.807, 2.05) is 13.8 Å². The van der Waals surface area contributed by atoms with E-state index in [2.05, 4.69) is 4.74 Å². The largest absolute Gasteiger partial charge is 0.475 e. The van der Waals surface area contributed by atoms with Gasteiger partial charge in [-0.2, -0.15) is 0 Å². The monoisotopic (exact) mass is 308 g/mol. The summed E-state index contributed by atoms with van der Waals surface area (Å²) in [5.74, 6) is -3.06. The Morgan fingerprint density at radius 3 is 2.05 bits per heavy atom. The van der Waals surface area contributed by atoms with Crippen LogP contribution in [0.1, 0.15) is 37.6 Å². The zero-order chi connectivity index (χ0) is 17.1. The standard InChI is InChI=1S/C8H6O3.C8H14O3/c9-7(8(10)11)6-4-2-1-3-5-6;1-6(2)4-5-11-8(10)7(3)9/h1-5H,(H,10,11);6H,4-5H2,1-3H3. The first kappa shape index (κ1) is 19.5. The van der Waals surface area contributed by atoms with Crippen LogP contribution in [-0.2, 0) is 19.1 Å². The van der Waals surface area contributed by atoms with Gasteiger partial charge in [-0.1, -0.05) is 44.2 Å². The maximum Gasteiger partial charge on any atom is 0.377 e. The minimum atomic E-state index is -1.42. The molecule has 22 heavy (non-hydrogen) atoms. The van der Waals surface area contributed by atoms with Gasteiger partial charge in [0, 0.05) is 12.5 Å². The summed E-state index contributed by atoms with van der Waals surface area (Å²) in [5.41, 5.74) is 0.208. The van der Waals surface area contributed by atoms with Crippen molar-refractivity contribution < 1.29 is 29.0 Å². The Kier molecular flexibility index (Phi) is 9.09. The van der Waals surface area contributed by atoms with Gasteiger partial charge in [-0.15, -0.1) is 0 Å². The van der Waals surface area contributed by atoms with Gasteiger partial charge in [-0.25, -0.2) is 9.59 Å². The zero-order valence-corrected chi connectivity index (χ0v) is 12.9. The number of Topliss-reactive ketones (excluding diaryl/α,β-unsaturated/α-hetero) is 2. The lowest BCUT2D eigenvalue weighted by Gasteiger charge is -2.03. The number of aliphatic carboxylic acids is 1. The Hall–Kier alpha value is -2.50. The van der Waals surface area contributed by atoms with Gasteiger partial charge in [0.2, 0.25) is 5.78 Å². The van der Waals surface area contributed by atoms with Crippen LogP contribution in [0.15, 0.2) is 30.3 Å². The number of ether oxygens (including phenoxy) is 1. The number of hydrogen-bond acceptors (Lipinski definition) is 5. The van der Waals surface area contributed by atoms with Gasteiger partial charge in [0.05, 0.1) is 6.61 Å². The Morgan fingerprint density at radius 2 is 1.64 bits per heavy atom. The summed E-state index contributed by atoms with van der Waals surface area (Å²) in [5, 5.41) is 8.29. The second-order valence-corrected chi connectivity index (χ2v) is 4.87. The first-order chi connectivity index (χ1) is 10.3. The lowest BCUT2D eigenvalue weighted by Crippen LogP contribution is -2.15. The molecule has 0 aliphatic rings. The van der Waals surface area contributed by atoms with Crippen LogP contribution in [0.4, 0.5) is 0 Å². The normalized spacial score (nSPS) is 9.45. The Bertz CT molecular complexity index is 519. The molecule has 0 fully saturated rings. The molecular weight excluding hydrogens is 288 g/mol. The molecule has 1 aromatic carbocycles. The average molecular weight is 308 g/mol. The van der Waals surface area contributed by atoms with Crippen LogP contribution >= 0.6 is 0 Å². The van der Waals surface area contributed by atoms with E-state index >= 15 is 0 Å². The van der Waals surface area contributed by atoms with Crippen molar-refractivity contribution in [1.82, 2.24) is 0 Å². The summed E-state index contributed by atoms with van der Waals surface area (Å²) in [6.07, 6.45) is 0.805. The van der Waals surface area contributed by atoms with E-state index in [1.54, 1.807) is 18.2 Å². The molecule has 120 valence electrons. The summed E-state index contributed by atoms with van der Waals surface area (Å²) in [6, 6.07) is 7.90. The Labute approximate surface area is 129 Å². The van der Waals surface area contributed by atoms with Crippen LogP contribution in [0.3, 0.4) is 0 Å². The second kappa shape index (κ2) is 10.3. The summed E-state index contributed by atoms with van der Waals surface area (Å²) in [4.78, 5) is 41.8. The molecule has 0 heterocycles. The summed E-state index contributed by atoms with van der Waals surface area (Å²) in [6.45, 7) is 5.61. The van der Waals surface area contributed by atoms with E-state index in [-0.39, 0.29) is 5.56 Å². The predicted molar refractivity (Wildman–Crippen MR) is 79.5 cm³/mol. The van der Waals surface area contributed by atoms with Crippen molar-refractivity contribution in [2.75, 3.05) is 6.61 Å². The lowest BCUT2D eigenvalue weighted by molar-refractivity contribution is -0.153. The first-order valence-corrected chi connectivity index (χ1v) is 6.76. The quantitative estimate of drug-likeness (QED) is 0.491. The molecule has 0 saturated heterocycles. The molecule has 1 aromatic rings. The van der Waals surface area contributed by atoms with E-state index in [4.69, 9.17) is 5.11 Å². The molecule has 0 unspecified atom stereocenters. The number of ketones is 2. The van der Waals surface area contributed by atoms with Crippen molar-refractivity contribution in [3.05, 3.63) is 35.9 Å². The highest BCUT2D eigenvalue weighted by Crippen LogP contribution is 1.99. The number of benzene rings is 1. The third-order valence-electron chi connectivity index (χ3n) is 2.45. The number of carbonyl (C=O) groups is 4. The van der Waals surface area contributed by atoms with Gasteiger partial charge in [-0.05, 0) is 12.3 Å². The molecule has 1 rings (SSSR count). The summed E-state index contributed by atoms with van der Waals surface area (Å²) in [7, 11) is 0. The third-order valence-corrected chi connectivity index (χ3v) is 2.45. The fourth-order valence-corrected chi connectivity index (χ4v) is 1.20. The molecule has 6 heteroatoms. The van der Waals surface area contributed by atoms with Crippen molar-refractivity contribution in [3.8, 4) is 0 Å². The van der Waals surface area contributed by atoms with Crippen LogP contribution in [0, 0.1) is 5.92 Å². The van der Waals surface area contributed by atoms with Gasteiger partial charge < -0.3 is 9.84 Å². The van der Waals surface area contributed by atoms with Crippen molar-refractivity contribution in [1.29, 1.82) is 0 Å². The number of hydrogen-bond donors (Lipinski definition) is 1. The van der Waals surface area contributed by atoms with E-state index in [1.165, 1.54) is 19.1 Å². The number of carbonyl (C=O) groups excluding carboxylic acids is 3. The predicted octanol–water partition coefficient (Wildman–Crippen LogP) is 2.12. The van der Waals surface area contributed by atoms with Crippen molar-refractivity contribution in [3.63, 3.8) is 0 Å². The minimum Gasteiger partial charge on any atom is -0.475 e. The minimum absolute atomic E-state index is 0.208. The number of carboxylic acids is 1. The number of carboxylic acid groups (broad SMARTS) is 1. The molecular formula is C16H20O6. The molecule has 0 aliphatic carbocycles. The Morgan fingerprint density at radius 1 is 1.09 bits per heavy atom. The van der Waals surface area contributed by atoms with Gasteiger partial charge in [-0.3, -0.25) is 9.59 Å². The van der Waals surface area contributed by atoms with Crippen LogP contribution in [0.5, 0.6) is 0 Å². The molecule has 0 aromatic heterocycles. The fraction of sp³-hybridized carbons (Fsp3) is 0.375. The van der Waals surface area contributed by atoms with Crippen LogP contribution in [-0.4, -0.2) is 35.2 Å². The molecule has 6 nitrogen and oxygen atoms in total. The van der Waals surface area contributed by atoms with E-state index in [0.717, 1.165) is 6.42 Å². The van der Waals surface area contributed by atoms with Crippen molar-refractivity contribution >= 4 is 23.5 Å². The second-order valence-electron chi connectivity index (χ2n) is 4.87. The summed E-state index contributed by atoms with van der Waals surface area (Å²) < 4.78 is 4.63. The smallest absolute Gasteiger partial charge is 0.377 e. The van der Waals surface area contributed by atoms with E-state index < -0.39 is 23.5 Å². The van der Waals surface area contributed by atoms with Gasteiger partial charge in [0.1, 0.15) is 0 Å². The van der Waals surface area contributed by atoms with Crippen molar-refractivity contribution in [2.45, 2.75) is 27.2 Å². The number of esters is 1. The van der Waals surface area contributed by atoms with Crippen molar-refractivity contribution in [2.24, 2.45) is 5.92 Å². The highest BCUT2D eigenvalue weighted by atomic mass is 16.5. The fourth-order valence-electron chi connectivity index (χ4n) is 1.20. The van der Waals surface area contributed by atoms with Crippen LogP contribution in [0.25, 0.3) is 0 Å². The SMILES string of the molecule is CC(=O)C(=O)OCCC(C)C.O=C(O)C(=O)c1ccccc1. The third kappa shape index (κ3) is 8.63. The molecule has 1 N–H and O–H groups in total.